The second kappa shape index (κ2) is 6.48. The fourth-order valence-corrected chi connectivity index (χ4v) is 2.31. The van der Waals surface area contributed by atoms with E-state index in [1.54, 1.807) is 25.2 Å². The highest BCUT2D eigenvalue weighted by atomic mass is 19.3. The summed E-state index contributed by atoms with van der Waals surface area (Å²) in [6, 6.07) is 14.5. The highest BCUT2D eigenvalue weighted by molar-refractivity contribution is 5.43. The lowest BCUT2D eigenvalue weighted by Gasteiger charge is -2.22. The topological polar surface area (TPSA) is 21.3 Å². The predicted molar refractivity (Wildman–Crippen MR) is 75.2 cm³/mol. The molecule has 106 valence electrons. The number of para-hydroxylation sites is 1. The van der Waals surface area contributed by atoms with Crippen LogP contribution in [0.25, 0.3) is 0 Å². The van der Waals surface area contributed by atoms with Crippen LogP contribution in [0.3, 0.4) is 0 Å². The van der Waals surface area contributed by atoms with Gasteiger partial charge in [0.05, 0.1) is 6.04 Å². The van der Waals surface area contributed by atoms with Crippen LogP contribution in [0.5, 0.6) is 5.75 Å². The molecule has 20 heavy (non-hydrogen) atoms. The number of benzene rings is 2. The van der Waals surface area contributed by atoms with Gasteiger partial charge in [-0.05, 0) is 31.2 Å². The van der Waals surface area contributed by atoms with Crippen molar-refractivity contribution in [3.05, 3.63) is 65.2 Å². The van der Waals surface area contributed by atoms with Crippen LogP contribution < -0.4 is 10.1 Å². The van der Waals surface area contributed by atoms with Crippen molar-refractivity contribution in [1.29, 1.82) is 0 Å². The summed E-state index contributed by atoms with van der Waals surface area (Å²) < 4.78 is 29.6. The molecule has 0 aliphatic rings. The molecule has 0 aliphatic heterocycles. The highest BCUT2D eigenvalue weighted by Gasteiger charge is 2.19. The maximum Gasteiger partial charge on any atom is 0.387 e. The van der Waals surface area contributed by atoms with Crippen LogP contribution in [0, 0.1) is 6.92 Å². The first kappa shape index (κ1) is 14.5. The first-order chi connectivity index (χ1) is 9.63. The molecule has 2 aromatic rings. The van der Waals surface area contributed by atoms with E-state index in [9.17, 15) is 8.78 Å². The minimum absolute atomic E-state index is 0.189. The highest BCUT2D eigenvalue weighted by Crippen LogP contribution is 2.32. The van der Waals surface area contributed by atoms with Crippen LogP contribution >= 0.6 is 0 Å². The van der Waals surface area contributed by atoms with Crippen LogP contribution in [0.4, 0.5) is 8.78 Å². The van der Waals surface area contributed by atoms with Gasteiger partial charge in [-0.15, -0.1) is 0 Å². The number of hydrogen-bond donors (Lipinski definition) is 1. The van der Waals surface area contributed by atoms with Gasteiger partial charge in [0.1, 0.15) is 5.75 Å². The van der Waals surface area contributed by atoms with Gasteiger partial charge in [0.2, 0.25) is 0 Å². The Balaban J connectivity index is 2.45. The fourth-order valence-electron chi connectivity index (χ4n) is 2.31. The summed E-state index contributed by atoms with van der Waals surface area (Å²) in [7, 11) is 1.80. The molecular weight excluding hydrogens is 260 g/mol. The van der Waals surface area contributed by atoms with Crippen LogP contribution in [-0.4, -0.2) is 13.7 Å². The molecule has 0 saturated heterocycles. The number of aryl methyl sites for hydroxylation is 1. The molecule has 2 nitrogen and oxygen atoms in total. The summed E-state index contributed by atoms with van der Waals surface area (Å²) in [5.41, 5.74) is 2.84. The van der Waals surface area contributed by atoms with Crippen LogP contribution in [-0.2, 0) is 0 Å². The Morgan fingerprint density at radius 2 is 1.55 bits per heavy atom. The van der Waals surface area contributed by atoms with E-state index in [1.807, 2.05) is 37.3 Å². The van der Waals surface area contributed by atoms with E-state index in [1.165, 1.54) is 0 Å². The largest absolute Gasteiger partial charge is 0.434 e. The van der Waals surface area contributed by atoms with E-state index in [-0.39, 0.29) is 11.8 Å². The van der Waals surface area contributed by atoms with Crippen molar-refractivity contribution in [2.45, 2.75) is 19.6 Å². The quantitative estimate of drug-likeness (QED) is 0.894. The van der Waals surface area contributed by atoms with Crippen LogP contribution in [0.2, 0.25) is 0 Å². The fraction of sp³-hybridized carbons (Fsp3) is 0.250. The summed E-state index contributed by atoms with van der Waals surface area (Å²) in [5, 5.41) is 3.16. The Labute approximate surface area is 117 Å². The summed E-state index contributed by atoms with van der Waals surface area (Å²) in [4.78, 5) is 0. The van der Waals surface area contributed by atoms with Gasteiger partial charge in [0.15, 0.2) is 0 Å². The van der Waals surface area contributed by atoms with Crippen molar-refractivity contribution in [2.75, 3.05) is 7.05 Å². The average molecular weight is 277 g/mol. The normalized spacial score (nSPS) is 12.4. The molecular formula is C16H17F2NO. The third-order valence-electron chi connectivity index (χ3n) is 3.23. The van der Waals surface area contributed by atoms with Gasteiger partial charge < -0.3 is 10.1 Å². The molecule has 0 bridgehead atoms. The van der Waals surface area contributed by atoms with Gasteiger partial charge in [-0.1, -0.05) is 42.5 Å². The smallest absolute Gasteiger partial charge is 0.387 e. The lowest BCUT2D eigenvalue weighted by atomic mass is 9.94. The first-order valence-corrected chi connectivity index (χ1v) is 6.40. The third kappa shape index (κ3) is 3.14. The summed E-state index contributed by atoms with van der Waals surface area (Å²) in [6.07, 6.45) is 0. The second-order valence-corrected chi connectivity index (χ2v) is 4.49. The van der Waals surface area contributed by atoms with Gasteiger partial charge in [0, 0.05) is 5.56 Å². The Bertz CT molecular complexity index is 572. The minimum atomic E-state index is -2.83. The van der Waals surface area contributed by atoms with E-state index in [2.05, 4.69) is 10.1 Å². The molecule has 0 saturated carbocycles. The molecule has 0 radical (unpaired) electrons. The molecule has 0 fully saturated rings. The monoisotopic (exact) mass is 277 g/mol. The van der Waals surface area contributed by atoms with Crippen molar-refractivity contribution in [2.24, 2.45) is 0 Å². The van der Waals surface area contributed by atoms with Gasteiger partial charge in [-0.2, -0.15) is 8.78 Å². The second-order valence-electron chi connectivity index (χ2n) is 4.49. The number of alkyl halides is 2. The standard InChI is InChI=1S/C16H17F2NO/c1-11-7-3-4-8-12(11)15(19-2)13-9-5-6-10-14(13)20-16(17)18/h3-10,15-16,19H,1-2H3. The van der Waals surface area contributed by atoms with Gasteiger partial charge in [-0.25, -0.2) is 0 Å². The summed E-state index contributed by atoms with van der Waals surface area (Å²) >= 11 is 0. The van der Waals surface area contributed by atoms with Crippen molar-refractivity contribution in [3.63, 3.8) is 0 Å². The Morgan fingerprint density at radius 1 is 0.950 bits per heavy atom. The van der Waals surface area contributed by atoms with E-state index in [4.69, 9.17) is 0 Å². The van der Waals surface area contributed by atoms with Crippen LogP contribution in [0.1, 0.15) is 22.7 Å². The molecule has 1 atom stereocenters. The number of rotatable bonds is 5. The zero-order chi connectivity index (χ0) is 14.5. The van der Waals surface area contributed by atoms with Gasteiger partial charge in [-0.3, -0.25) is 0 Å². The van der Waals surface area contributed by atoms with Crippen molar-refractivity contribution in [3.8, 4) is 5.75 Å². The summed E-state index contributed by atoms with van der Waals surface area (Å²) in [5.74, 6) is 0.199. The zero-order valence-corrected chi connectivity index (χ0v) is 11.4. The molecule has 2 aromatic carbocycles. The Morgan fingerprint density at radius 3 is 2.15 bits per heavy atom. The molecule has 0 amide bonds. The molecule has 1 N–H and O–H groups in total. The molecule has 0 spiro atoms. The lowest BCUT2D eigenvalue weighted by Crippen LogP contribution is -2.20. The zero-order valence-electron chi connectivity index (χ0n) is 11.4. The van der Waals surface area contributed by atoms with Gasteiger partial charge in [0.25, 0.3) is 0 Å². The Kier molecular flexibility index (Phi) is 4.69. The SMILES string of the molecule is CNC(c1ccccc1C)c1ccccc1OC(F)F. The maximum absolute atomic E-state index is 12.5. The Hall–Kier alpha value is -1.94. The average Bonchev–Trinajstić information content (AvgIpc) is 2.43. The molecule has 2 rings (SSSR count). The number of halogens is 2. The third-order valence-corrected chi connectivity index (χ3v) is 3.23. The molecule has 0 aliphatic carbocycles. The lowest BCUT2D eigenvalue weighted by molar-refractivity contribution is -0.0506. The van der Waals surface area contributed by atoms with Crippen molar-refractivity contribution < 1.29 is 13.5 Å². The van der Waals surface area contributed by atoms with E-state index >= 15 is 0 Å². The van der Waals surface area contributed by atoms with Crippen LogP contribution in [0.15, 0.2) is 48.5 Å². The minimum Gasteiger partial charge on any atom is -0.434 e. The summed E-state index contributed by atoms with van der Waals surface area (Å²) in [6.45, 7) is -0.832. The molecule has 0 heterocycles. The molecule has 1 unspecified atom stereocenters. The van der Waals surface area contributed by atoms with E-state index in [0.29, 0.717) is 5.56 Å². The first-order valence-electron chi connectivity index (χ1n) is 6.40. The van der Waals surface area contributed by atoms with Gasteiger partial charge >= 0.3 is 6.61 Å². The number of nitrogens with one attached hydrogen (secondary N) is 1. The van der Waals surface area contributed by atoms with Crippen molar-refractivity contribution in [1.82, 2.24) is 5.32 Å². The predicted octanol–water partition coefficient (Wildman–Crippen LogP) is 3.91. The number of hydrogen-bond acceptors (Lipinski definition) is 2. The molecule has 0 aromatic heterocycles. The number of ether oxygens (including phenoxy) is 1. The molecule has 4 heteroatoms. The van der Waals surface area contributed by atoms with Crippen molar-refractivity contribution >= 4 is 0 Å². The van der Waals surface area contributed by atoms with E-state index in [0.717, 1.165) is 11.1 Å². The maximum atomic E-state index is 12.5. The van der Waals surface area contributed by atoms with E-state index < -0.39 is 6.61 Å².